The first-order valence-electron chi connectivity index (χ1n) is 7.80. The van der Waals surface area contributed by atoms with Crippen molar-refractivity contribution in [1.82, 2.24) is 9.97 Å². The molecule has 1 N–H and O–H groups in total. The molecule has 0 spiro atoms. The molecule has 2 aromatic heterocycles. The fourth-order valence-corrected chi connectivity index (χ4v) is 4.17. The Morgan fingerprint density at radius 1 is 1.38 bits per heavy atom. The topological polar surface area (TPSA) is 81.3 Å². The number of benzene rings is 1. The van der Waals surface area contributed by atoms with E-state index < -0.39 is 5.97 Å². The Labute approximate surface area is 157 Å². The summed E-state index contributed by atoms with van der Waals surface area (Å²) in [6, 6.07) is 10.9. The number of thioether (sulfide) groups is 1. The molecule has 6 nitrogen and oxygen atoms in total. The molecular weight excluding hydrogens is 372 g/mol. The normalized spacial score (nSPS) is 12.0. The van der Waals surface area contributed by atoms with Crippen LogP contribution < -0.4 is 10.3 Å². The van der Waals surface area contributed by atoms with Gasteiger partial charge in [-0.15, -0.1) is 11.3 Å². The summed E-state index contributed by atoms with van der Waals surface area (Å²) in [5, 5.41) is 0.490. The summed E-state index contributed by atoms with van der Waals surface area (Å²) in [6.07, 6.45) is 1.81. The van der Waals surface area contributed by atoms with Crippen molar-refractivity contribution in [3.05, 3.63) is 62.9 Å². The van der Waals surface area contributed by atoms with Crippen LogP contribution in [0, 0.1) is 0 Å². The zero-order valence-electron chi connectivity index (χ0n) is 13.8. The minimum atomic E-state index is -0.435. The van der Waals surface area contributed by atoms with Gasteiger partial charge in [0.15, 0.2) is 5.16 Å². The second-order valence-electron chi connectivity index (χ2n) is 5.57. The SMILES string of the molecule is CSc1nc(COC(=O)c2cc3c(s2)-c2ccccc2OC3)cc(=O)[nH]1. The van der Waals surface area contributed by atoms with Gasteiger partial charge < -0.3 is 14.5 Å². The number of fused-ring (bicyclic) bond motifs is 3. The molecule has 0 aliphatic carbocycles. The summed E-state index contributed by atoms with van der Waals surface area (Å²) in [6.45, 7) is 0.384. The number of aromatic amines is 1. The van der Waals surface area contributed by atoms with Crippen molar-refractivity contribution in [3.8, 4) is 16.2 Å². The van der Waals surface area contributed by atoms with Gasteiger partial charge in [0.1, 0.15) is 23.8 Å². The number of para-hydroxylation sites is 1. The van der Waals surface area contributed by atoms with Crippen molar-refractivity contribution in [2.45, 2.75) is 18.4 Å². The van der Waals surface area contributed by atoms with Crippen molar-refractivity contribution in [3.63, 3.8) is 0 Å². The number of carbonyl (C=O) groups excluding carboxylic acids is 1. The van der Waals surface area contributed by atoms with Crippen LogP contribution in [-0.2, 0) is 18.0 Å². The largest absolute Gasteiger partial charge is 0.488 e. The van der Waals surface area contributed by atoms with Crippen LogP contribution in [0.2, 0.25) is 0 Å². The molecule has 0 bridgehead atoms. The van der Waals surface area contributed by atoms with Crippen molar-refractivity contribution in [2.24, 2.45) is 0 Å². The Kier molecular flexibility index (Phi) is 4.52. The minimum absolute atomic E-state index is 0.0496. The lowest BCUT2D eigenvalue weighted by molar-refractivity contribution is 0.0472. The van der Waals surface area contributed by atoms with Crippen molar-refractivity contribution in [2.75, 3.05) is 6.26 Å². The Morgan fingerprint density at radius 3 is 3.08 bits per heavy atom. The van der Waals surface area contributed by atoms with E-state index in [4.69, 9.17) is 9.47 Å². The standard InChI is InChI=1S/C18H14N2O4S2/c1-25-18-19-11(7-15(21)20-18)9-24-17(22)14-6-10-8-23-13-5-3-2-4-12(13)16(10)26-14/h2-7H,8-9H2,1H3,(H,19,20,21). The number of esters is 1. The molecule has 3 aromatic rings. The number of hydrogen-bond donors (Lipinski definition) is 1. The number of nitrogens with zero attached hydrogens (tertiary/aromatic N) is 1. The van der Waals surface area contributed by atoms with Gasteiger partial charge in [0.25, 0.3) is 5.56 Å². The molecule has 0 unspecified atom stereocenters. The minimum Gasteiger partial charge on any atom is -0.488 e. The molecule has 26 heavy (non-hydrogen) atoms. The van der Waals surface area contributed by atoms with E-state index in [-0.39, 0.29) is 12.2 Å². The molecule has 8 heteroatoms. The van der Waals surface area contributed by atoms with Crippen molar-refractivity contribution in [1.29, 1.82) is 0 Å². The highest BCUT2D eigenvalue weighted by molar-refractivity contribution is 7.98. The Bertz CT molecular complexity index is 1040. The van der Waals surface area contributed by atoms with E-state index in [1.165, 1.54) is 29.2 Å². The predicted molar refractivity (Wildman–Crippen MR) is 99.8 cm³/mol. The van der Waals surface area contributed by atoms with E-state index in [2.05, 4.69) is 9.97 Å². The molecule has 1 aromatic carbocycles. The van der Waals surface area contributed by atoms with Crippen LogP contribution >= 0.6 is 23.1 Å². The van der Waals surface area contributed by atoms with Gasteiger partial charge in [-0.2, -0.15) is 0 Å². The Morgan fingerprint density at radius 2 is 2.23 bits per heavy atom. The molecule has 0 atom stereocenters. The van der Waals surface area contributed by atoms with Gasteiger partial charge in [-0.25, -0.2) is 9.78 Å². The molecule has 0 amide bonds. The van der Waals surface area contributed by atoms with Gasteiger partial charge in [0.2, 0.25) is 0 Å². The van der Waals surface area contributed by atoms with Crippen LogP contribution in [0.4, 0.5) is 0 Å². The van der Waals surface area contributed by atoms with Crippen LogP contribution in [0.5, 0.6) is 5.75 Å². The number of hydrogen-bond acceptors (Lipinski definition) is 7. The molecule has 4 rings (SSSR count). The molecule has 3 heterocycles. The quantitative estimate of drug-likeness (QED) is 0.420. The van der Waals surface area contributed by atoms with Crippen LogP contribution in [-0.4, -0.2) is 22.2 Å². The zero-order valence-corrected chi connectivity index (χ0v) is 15.4. The Hall–Kier alpha value is -2.58. The highest BCUT2D eigenvalue weighted by Crippen LogP contribution is 2.42. The summed E-state index contributed by atoms with van der Waals surface area (Å²) in [5.41, 5.74) is 2.11. The molecule has 132 valence electrons. The number of nitrogens with one attached hydrogen (secondary N) is 1. The van der Waals surface area contributed by atoms with Gasteiger partial charge in [-0.05, 0) is 24.5 Å². The summed E-state index contributed by atoms with van der Waals surface area (Å²) in [7, 11) is 0. The molecule has 0 radical (unpaired) electrons. The number of carbonyl (C=O) groups is 1. The third kappa shape index (κ3) is 3.25. The molecule has 1 aliphatic rings. The lowest BCUT2D eigenvalue weighted by Crippen LogP contribution is -2.12. The maximum Gasteiger partial charge on any atom is 0.348 e. The van der Waals surface area contributed by atoms with Gasteiger partial charge in [-0.1, -0.05) is 23.9 Å². The summed E-state index contributed by atoms with van der Waals surface area (Å²) >= 11 is 2.71. The maximum atomic E-state index is 12.4. The van der Waals surface area contributed by atoms with Crippen molar-refractivity contribution < 1.29 is 14.3 Å². The van der Waals surface area contributed by atoms with Gasteiger partial charge in [-0.3, -0.25) is 4.79 Å². The molecule has 0 saturated heterocycles. The van der Waals surface area contributed by atoms with Gasteiger partial charge in [0, 0.05) is 22.1 Å². The summed E-state index contributed by atoms with van der Waals surface area (Å²) in [5.74, 6) is 0.383. The number of rotatable bonds is 4. The number of ether oxygens (including phenoxy) is 2. The van der Waals surface area contributed by atoms with Crippen LogP contribution in [0.25, 0.3) is 10.4 Å². The second kappa shape index (κ2) is 6.97. The van der Waals surface area contributed by atoms with E-state index >= 15 is 0 Å². The van der Waals surface area contributed by atoms with Gasteiger partial charge >= 0.3 is 5.97 Å². The highest BCUT2D eigenvalue weighted by Gasteiger charge is 2.23. The smallest absolute Gasteiger partial charge is 0.348 e. The average Bonchev–Trinajstić information content (AvgIpc) is 3.10. The van der Waals surface area contributed by atoms with E-state index in [0.717, 1.165) is 21.8 Å². The molecular formula is C18H14N2O4S2. The fourth-order valence-electron chi connectivity index (χ4n) is 2.66. The van der Waals surface area contributed by atoms with Crippen LogP contribution in [0.3, 0.4) is 0 Å². The summed E-state index contributed by atoms with van der Waals surface area (Å²) in [4.78, 5) is 32.3. The summed E-state index contributed by atoms with van der Waals surface area (Å²) < 4.78 is 11.1. The molecule has 1 aliphatic heterocycles. The van der Waals surface area contributed by atoms with Crippen LogP contribution in [0.15, 0.2) is 46.3 Å². The number of aromatic nitrogens is 2. The number of H-pyrrole nitrogens is 1. The third-order valence-corrected chi connectivity index (χ3v) is 5.61. The first kappa shape index (κ1) is 16.9. The number of thiophene rings is 1. The predicted octanol–water partition coefficient (Wildman–Crippen LogP) is 3.47. The molecule has 0 saturated carbocycles. The maximum absolute atomic E-state index is 12.4. The third-order valence-electron chi connectivity index (χ3n) is 3.84. The lowest BCUT2D eigenvalue weighted by Gasteiger charge is -2.16. The van der Waals surface area contributed by atoms with Crippen LogP contribution in [0.1, 0.15) is 20.9 Å². The van der Waals surface area contributed by atoms with Crippen molar-refractivity contribution >= 4 is 29.1 Å². The van der Waals surface area contributed by atoms with E-state index in [1.54, 1.807) is 6.07 Å². The molecule has 0 fully saturated rings. The van der Waals surface area contributed by atoms with E-state index in [1.807, 2.05) is 30.5 Å². The second-order valence-corrected chi connectivity index (χ2v) is 7.42. The first-order chi connectivity index (χ1) is 12.6. The zero-order chi connectivity index (χ0) is 18.1. The monoisotopic (exact) mass is 386 g/mol. The fraction of sp³-hybridized carbons (Fsp3) is 0.167. The Balaban J connectivity index is 1.53. The van der Waals surface area contributed by atoms with Gasteiger partial charge in [0.05, 0.1) is 5.69 Å². The van der Waals surface area contributed by atoms with E-state index in [0.29, 0.717) is 22.3 Å². The highest BCUT2D eigenvalue weighted by atomic mass is 32.2. The lowest BCUT2D eigenvalue weighted by atomic mass is 10.1. The first-order valence-corrected chi connectivity index (χ1v) is 9.84. The van der Waals surface area contributed by atoms with E-state index in [9.17, 15) is 9.59 Å². The average molecular weight is 386 g/mol.